The third-order valence-electron chi connectivity index (χ3n) is 3.40. The highest BCUT2D eigenvalue weighted by molar-refractivity contribution is 6.35. The van der Waals surface area contributed by atoms with E-state index < -0.39 is 5.97 Å². The monoisotopic (exact) mass is 304 g/mol. The van der Waals surface area contributed by atoms with Crippen molar-refractivity contribution in [2.24, 2.45) is 0 Å². The third-order valence-corrected chi connectivity index (χ3v) is 3.77. The Balaban J connectivity index is 2.60. The van der Waals surface area contributed by atoms with Gasteiger partial charge in [0.15, 0.2) is 5.75 Å². The minimum absolute atomic E-state index is 0.0614. The first-order chi connectivity index (χ1) is 9.95. The van der Waals surface area contributed by atoms with Crippen LogP contribution in [0.15, 0.2) is 36.4 Å². The zero-order chi connectivity index (χ0) is 15.6. The van der Waals surface area contributed by atoms with Crippen LogP contribution >= 0.6 is 11.6 Å². The molecule has 4 heteroatoms. The molecular formula is C17H17ClO3. The first-order valence-corrected chi connectivity index (χ1v) is 7.03. The largest absolute Gasteiger partial charge is 0.494 e. The fourth-order valence-electron chi connectivity index (χ4n) is 2.21. The fourth-order valence-corrected chi connectivity index (χ4v) is 2.56. The molecule has 0 radical (unpaired) electrons. The highest BCUT2D eigenvalue weighted by Gasteiger charge is 2.18. The van der Waals surface area contributed by atoms with Crippen LogP contribution in [0.1, 0.15) is 35.7 Å². The molecule has 3 nitrogen and oxygen atoms in total. The number of carboxylic acid groups (broad SMARTS) is 1. The zero-order valence-corrected chi connectivity index (χ0v) is 12.9. The summed E-state index contributed by atoms with van der Waals surface area (Å²) in [5.41, 5.74) is 2.97. The van der Waals surface area contributed by atoms with E-state index in [4.69, 9.17) is 21.4 Å². The second-order valence-corrected chi connectivity index (χ2v) is 5.47. The average molecular weight is 305 g/mol. The lowest BCUT2D eigenvalue weighted by Crippen LogP contribution is -2.01. The summed E-state index contributed by atoms with van der Waals surface area (Å²) in [6, 6.07) is 11.3. The van der Waals surface area contributed by atoms with Crippen molar-refractivity contribution >= 4 is 17.6 Å². The van der Waals surface area contributed by atoms with Gasteiger partial charge in [-0.15, -0.1) is 0 Å². The second kappa shape index (κ2) is 6.19. The molecule has 0 spiro atoms. The molecule has 2 rings (SSSR count). The van der Waals surface area contributed by atoms with Gasteiger partial charge in [-0.3, -0.25) is 0 Å². The number of ether oxygens (including phenoxy) is 1. The van der Waals surface area contributed by atoms with Crippen LogP contribution in [-0.4, -0.2) is 18.2 Å². The van der Waals surface area contributed by atoms with Crippen molar-refractivity contribution in [1.82, 2.24) is 0 Å². The van der Waals surface area contributed by atoms with Gasteiger partial charge in [0, 0.05) is 5.56 Å². The number of hydrogen-bond donors (Lipinski definition) is 1. The van der Waals surface area contributed by atoms with Gasteiger partial charge in [0.1, 0.15) is 5.56 Å². The molecule has 110 valence electrons. The van der Waals surface area contributed by atoms with E-state index in [1.54, 1.807) is 6.07 Å². The zero-order valence-electron chi connectivity index (χ0n) is 12.2. The summed E-state index contributed by atoms with van der Waals surface area (Å²) < 4.78 is 5.16. The fraction of sp³-hybridized carbons (Fsp3) is 0.235. The molecule has 0 bridgehead atoms. The van der Waals surface area contributed by atoms with Gasteiger partial charge in [0.25, 0.3) is 0 Å². The standard InChI is InChI=1S/C17H17ClO3/c1-10(2)11-5-4-6-12(9-11)13-7-8-14(17(19)20)16(21-3)15(13)18/h4-10H,1-3H3,(H,19,20). The molecule has 0 aliphatic heterocycles. The van der Waals surface area contributed by atoms with Crippen molar-refractivity contribution < 1.29 is 14.6 Å². The van der Waals surface area contributed by atoms with Gasteiger partial charge < -0.3 is 9.84 Å². The molecule has 0 saturated heterocycles. The first kappa shape index (κ1) is 15.4. The predicted octanol–water partition coefficient (Wildman–Crippen LogP) is 4.84. The second-order valence-electron chi connectivity index (χ2n) is 5.09. The van der Waals surface area contributed by atoms with Crippen LogP contribution < -0.4 is 4.74 Å². The maximum absolute atomic E-state index is 11.2. The number of hydrogen-bond acceptors (Lipinski definition) is 2. The molecule has 0 aliphatic carbocycles. The summed E-state index contributed by atoms with van der Waals surface area (Å²) in [5.74, 6) is -0.461. The lowest BCUT2D eigenvalue weighted by atomic mass is 9.96. The molecule has 1 N–H and O–H groups in total. The van der Waals surface area contributed by atoms with Crippen LogP contribution in [-0.2, 0) is 0 Å². The van der Waals surface area contributed by atoms with Crippen LogP contribution in [0, 0.1) is 0 Å². The van der Waals surface area contributed by atoms with Gasteiger partial charge in [0.2, 0.25) is 0 Å². The van der Waals surface area contributed by atoms with E-state index in [9.17, 15) is 4.79 Å². The minimum atomic E-state index is -1.06. The van der Waals surface area contributed by atoms with Crippen LogP contribution in [0.3, 0.4) is 0 Å². The number of carboxylic acids is 1. The van der Waals surface area contributed by atoms with E-state index >= 15 is 0 Å². The van der Waals surface area contributed by atoms with E-state index in [-0.39, 0.29) is 11.3 Å². The van der Waals surface area contributed by atoms with Gasteiger partial charge in [-0.2, -0.15) is 0 Å². The smallest absolute Gasteiger partial charge is 0.339 e. The van der Waals surface area contributed by atoms with Crippen LogP contribution in [0.2, 0.25) is 5.02 Å². The Morgan fingerprint density at radius 2 is 1.95 bits per heavy atom. The third kappa shape index (κ3) is 3.03. The van der Waals surface area contributed by atoms with Crippen molar-refractivity contribution in [1.29, 1.82) is 0 Å². The van der Waals surface area contributed by atoms with Gasteiger partial charge in [-0.25, -0.2) is 4.79 Å². The Labute approximate surface area is 129 Å². The number of halogens is 1. The Bertz CT molecular complexity index is 678. The summed E-state index contributed by atoms with van der Waals surface area (Å²) in [6.45, 7) is 4.24. The van der Waals surface area contributed by atoms with E-state index in [1.165, 1.54) is 18.7 Å². The van der Waals surface area contributed by atoms with Gasteiger partial charge in [-0.05, 0) is 23.1 Å². The topological polar surface area (TPSA) is 46.5 Å². The quantitative estimate of drug-likeness (QED) is 0.879. The minimum Gasteiger partial charge on any atom is -0.494 e. The van der Waals surface area contributed by atoms with Crippen LogP contribution in [0.25, 0.3) is 11.1 Å². The Hall–Kier alpha value is -2.00. The van der Waals surface area contributed by atoms with Crippen molar-refractivity contribution in [3.05, 3.63) is 52.5 Å². The molecule has 2 aromatic carbocycles. The van der Waals surface area contributed by atoms with Crippen molar-refractivity contribution in [3.63, 3.8) is 0 Å². The number of aromatic carboxylic acids is 1. The van der Waals surface area contributed by atoms with Crippen LogP contribution in [0.4, 0.5) is 0 Å². The number of methoxy groups -OCH3 is 1. The average Bonchev–Trinajstić information content (AvgIpc) is 2.46. The maximum Gasteiger partial charge on any atom is 0.339 e. The van der Waals surface area contributed by atoms with Crippen molar-refractivity contribution in [2.75, 3.05) is 7.11 Å². The van der Waals surface area contributed by atoms with Gasteiger partial charge >= 0.3 is 5.97 Å². The van der Waals surface area contributed by atoms with Crippen molar-refractivity contribution in [2.45, 2.75) is 19.8 Å². The molecular weight excluding hydrogens is 288 g/mol. The van der Waals surface area contributed by atoms with Crippen LogP contribution in [0.5, 0.6) is 5.75 Å². The molecule has 0 saturated carbocycles. The normalized spacial score (nSPS) is 10.7. The van der Waals surface area contributed by atoms with Gasteiger partial charge in [-0.1, -0.05) is 55.8 Å². The molecule has 21 heavy (non-hydrogen) atoms. The van der Waals surface area contributed by atoms with E-state index in [2.05, 4.69) is 26.0 Å². The van der Waals surface area contributed by atoms with Gasteiger partial charge in [0.05, 0.1) is 12.1 Å². The predicted molar refractivity (Wildman–Crippen MR) is 84.5 cm³/mol. The molecule has 0 unspecified atom stereocenters. The number of benzene rings is 2. The summed E-state index contributed by atoms with van der Waals surface area (Å²) in [5, 5.41) is 9.48. The Morgan fingerprint density at radius 1 is 1.24 bits per heavy atom. The summed E-state index contributed by atoms with van der Waals surface area (Å²) in [6.07, 6.45) is 0. The Kier molecular flexibility index (Phi) is 4.53. The molecule has 0 aromatic heterocycles. The Morgan fingerprint density at radius 3 is 2.52 bits per heavy atom. The summed E-state index contributed by atoms with van der Waals surface area (Å²) >= 11 is 6.34. The highest BCUT2D eigenvalue weighted by atomic mass is 35.5. The lowest BCUT2D eigenvalue weighted by Gasteiger charge is -2.13. The molecule has 0 aliphatic rings. The molecule has 0 atom stereocenters. The van der Waals surface area contributed by atoms with E-state index in [0.717, 1.165) is 11.1 Å². The number of rotatable bonds is 4. The van der Waals surface area contributed by atoms with E-state index in [1.807, 2.05) is 12.1 Å². The highest BCUT2D eigenvalue weighted by Crippen LogP contribution is 2.38. The molecule has 0 fully saturated rings. The maximum atomic E-state index is 11.2. The first-order valence-electron chi connectivity index (χ1n) is 6.65. The van der Waals surface area contributed by atoms with Crippen molar-refractivity contribution in [3.8, 4) is 16.9 Å². The number of carbonyl (C=O) groups is 1. The summed E-state index contributed by atoms with van der Waals surface area (Å²) in [4.78, 5) is 11.2. The molecule has 0 heterocycles. The molecule has 2 aromatic rings. The SMILES string of the molecule is COc1c(C(=O)O)ccc(-c2cccc(C(C)C)c2)c1Cl. The van der Waals surface area contributed by atoms with E-state index in [0.29, 0.717) is 10.9 Å². The summed E-state index contributed by atoms with van der Waals surface area (Å²) in [7, 11) is 1.42. The molecule has 0 amide bonds. The lowest BCUT2D eigenvalue weighted by molar-refractivity contribution is 0.0693.